The molecular weight excluding hydrogens is 264 g/mol. The fourth-order valence-electron chi connectivity index (χ4n) is 2.44. The molecule has 3 rings (SSSR count). The van der Waals surface area contributed by atoms with Crippen LogP contribution in [0.5, 0.6) is 0 Å². The molecule has 4 heteroatoms. The lowest BCUT2D eigenvalue weighted by Gasteiger charge is -2.09. The number of nitrogens with zero attached hydrogens (tertiary/aromatic N) is 2. The summed E-state index contributed by atoms with van der Waals surface area (Å²) in [7, 11) is 0. The second kappa shape index (κ2) is 5.32. The van der Waals surface area contributed by atoms with Crippen molar-refractivity contribution in [1.82, 2.24) is 9.97 Å². The van der Waals surface area contributed by atoms with Gasteiger partial charge in [-0.15, -0.1) is 0 Å². The van der Waals surface area contributed by atoms with Crippen LogP contribution in [0.1, 0.15) is 22.8 Å². The van der Waals surface area contributed by atoms with E-state index in [1.54, 1.807) is 24.5 Å². The summed E-state index contributed by atoms with van der Waals surface area (Å²) in [5.41, 5.74) is 3.60. The molecule has 0 fully saturated rings. The maximum Gasteiger partial charge on any atom is 0.336 e. The number of aryl methyl sites for hydroxylation is 1. The molecule has 2 aromatic heterocycles. The van der Waals surface area contributed by atoms with Gasteiger partial charge in [-0.1, -0.05) is 25.1 Å². The molecule has 0 atom stereocenters. The molecule has 0 aliphatic heterocycles. The van der Waals surface area contributed by atoms with Crippen molar-refractivity contribution in [2.24, 2.45) is 0 Å². The van der Waals surface area contributed by atoms with E-state index in [1.165, 1.54) is 0 Å². The van der Waals surface area contributed by atoms with Crippen molar-refractivity contribution in [3.05, 3.63) is 59.9 Å². The SMILES string of the molecule is CCc1cccc2c(C(=O)O)cc(-c3ccncc3)nc12. The number of aromatic carboxylic acids is 1. The van der Waals surface area contributed by atoms with Crippen molar-refractivity contribution >= 4 is 16.9 Å². The summed E-state index contributed by atoms with van der Waals surface area (Å²) in [5, 5.41) is 10.2. The van der Waals surface area contributed by atoms with E-state index >= 15 is 0 Å². The van der Waals surface area contributed by atoms with Crippen molar-refractivity contribution in [2.75, 3.05) is 0 Å². The molecule has 104 valence electrons. The maximum atomic E-state index is 11.6. The molecule has 0 unspecified atom stereocenters. The predicted molar refractivity (Wildman–Crippen MR) is 81.3 cm³/mol. The van der Waals surface area contributed by atoms with Gasteiger partial charge in [0.05, 0.1) is 16.8 Å². The van der Waals surface area contributed by atoms with Gasteiger partial charge in [-0.2, -0.15) is 0 Å². The standard InChI is InChI=1S/C17H14N2O2/c1-2-11-4-3-5-13-14(17(20)21)10-15(19-16(11)13)12-6-8-18-9-7-12/h3-10H,2H2,1H3,(H,20,21). The van der Waals surface area contributed by atoms with Crippen molar-refractivity contribution in [3.63, 3.8) is 0 Å². The van der Waals surface area contributed by atoms with Crippen LogP contribution in [0.3, 0.4) is 0 Å². The molecule has 3 aromatic rings. The molecular formula is C17H14N2O2. The molecule has 0 saturated heterocycles. The van der Waals surface area contributed by atoms with Gasteiger partial charge in [0.15, 0.2) is 0 Å². The summed E-state index contributed by atoms with van der Waals surface area (Å²) >= 11 is 0. The molecule has 0 bridgehead atoms. The third kappa shape index (κ3) is 2.36. The van der Waals surface area contributed by atoms with E-state index in [2.05, 4.69) is 9.97 Å². The molecule has 4 nitrogen and oxygen atoms in total. The molecule has 0 spiro atoms. The Morgan fingerprint density at radius 1 is 1.19 bits per heavy atom. The Morgan fingerprint density at radius 2 is 1.95 bits per heavy atom. The zero-order chi connectivity index (χ0) is 14.8. The van der Waals surface area contributed by atoms with Crippen LogP contribution in [0, 0.1) is 0 Å². The number of rotatable bonds is 3. The molecule has 21 heavy (non-hydrogen) atoms. The Kier molecular flexibility index (Phi) is 3.36. The summed E-state index contributed by atoms with van der Waals surface area (Å²) in [6, 6.07) is 10.9. The number of hydrogen-bond donors (Lipinski definition) is 1. The fourth-order valence-corrected chi connectivity index (χ4v) is 2.44. The molecule has 0 radical (unpaired) electrons. The highest BCUT2D eigenvalue weighted by Crippen LogP contribution is 2.27. The Bertz CT molecular complexity index is 814. The molecule has 0 amide bonds. The topological polar surface area (TPSA) is 63.1 Å². The normalized spacial score (nSPS) is 10.7. The summed E-state index contributed by atoms with van der Waals surface area (Å²) in [4.78, 5) is 20.2. The van der Waals surface area contributed by atoms with Crippen LogP contribution in [0.4, 0.5) is 0 Å². The minimum Gasteiger partial charge on any atom is -0.478 e. The van der Waals surface area contributed by atoms with Gasteiger partial charge in [0, 0.05) is 23.3 Å². The smallest absolute Gasteiger partial charge is 0.336 e. The van der Waals surface area contributed by atoms with Crippen LogP contribution in [-0.4, -0.2) is 21.0 Å². The molecule has 0 saturated carbocycles. The minimum atomic E-state index is -0.939. The zero-order valence-electron chi connectivity index (χ0n) is 11.6. The van der Waals surface area contributed by atoms with E-state index in [0.717, 1.165) is 23.1 Å². The van der Waals surface area contributed by atoms with Crippen LogP contribution in [0.15, 0.2) is 48.8 Å². The van der Waals surface area contributed by atoms with Gasteiger partial charge < -0.3 is 5.11 Å². The number of aromatic nitrogens is 2. The molecule has 1 N–H and O–H groups in total. The van der Waals surface area contributed by atoms with Gasteiger partial charge in [-0.25, -0.2) is 9.78 Å². The first-order chi connectivity index (χ1) is 10.2. The van der Waals surface area contributed by atoms with Gasteiger partial charge in [-0.05, 0) is 30.2 Å². The van der Waals surface area contributed by atoms with E-state index < -0.39 is 5.97 Å². The number of pyridine rings is 2. The lowest BCUT2D eigenvalue weighted by Crippen LogP contribution is -2.01. The number of carboxylic acid groups (broad SMARTS) is 1. The van der Waals surface area contributed by atoms with Crippen LogP contribution in [-0.2, 0) is 6.42 Å². The van der Waals surface area contributed by atoms with Crippen molar-refractivity contribution in [1.29, 1.82) is 0 Å². The van der Waals surface area contributed by atoms with Gasteiger partial charge in [0.2, 0.25) is 0 Å². The predicted octanol–water partition coefficient (Wildman–Crippen LogP) is 3.56. The number of para-hydroxylation sites is 1. The molecule has 0 aliphatic carbocycles. The van der Waals surface area contributed by atoms with Crippen LogP contribution in [0.2, 0.25) is 0 Å². The highest BCUT2D eigenvalue weighted by molar-refractivity contribution is 6.04. The maximum absolute atomic E-state index is 11.6. The lowest BCUT2D eigenvalue weighted by molar-refractivity contribution is 0.0699. The van der Waals surface area contributed by atoms with E-state index in [1.807, 2.05) is 31.2 Å². The average molecular weight is 278 g/mol. The second-order valence-electron chi connectivity index (χ2n) is 4.76. The van der Waals surface area contributed by atoms with Crippen molar-refractivity contribution in [2.45, 2.75) is 13.3 Å². The Labute approximate surface area is 122 Å². The Morgan fingerprint density at radius 3 is 2.62 bits per heavy atom. The van der Waals surface area contributed by atoms with Gasteiger partial charge in [0.25, 0.3) is 0 Å². The summed E-state index contributed by atoms with van der Waals surface area (Å²) in [6.07, 6.45) is 4.16. The molecule has 1 aromatic carbocycles. The van der Waals surface area contributed by atoms with Gasteiger partial charge in [-0.3, -0.25) is 4.98 Å². The highest BCUT2D eigenvalue weighted by atomic mass is 16.4. The number of hydrogen-bond acceptors (Lipinski definition) is 3. The fraction of sp³-hybridized carbons (Fsp3) is 0.118. The Hall–Kier alpha value is -2.75. The number of benzene rings is 1. The first-order valence-electron chi connectivity index (χ1n) is 6.77. The average Bonchev–Trinajstić information content (AvgIpc) is 2.53. The van der Waals surface area contributed by atoms with Gasteiger partial charge >= 0.3 is 5.97 Å². The van der Waals surface area contributed by atoms with E-state index in [-0.39, 0.29) is 5.56 Å². The number of fused-ring (bicyclic) bond motifs is 1. The quantitative estimate of drug-likeness (QED) is 0.795. The molecule has 2 heterocycles. The van der Waals surface area contributed by atoms with Crippen LogP contribution >= 0.6 is 0 Å². The summed E-state index contributed by atoms with van der Waals surface area (Å²) < 4.78 is 0. The largest absolute Gasteiger partial charge is 0.478 e. The number of carbonyl (C=O) groups is 1. The van der Waals surface area contributed by atoms with Gasteiger partial charge in [0.1, 0.15) is 0 Å². The highest BCUT2D eigenvalue weighted by Gasteiger charge is 2.14. The first kappa shape index (κ1) is 13.2. The third-order valence-corrected chi connectivity index (χ3v) is 3.51. The number of carboxylic acids is 1. The van der Waals surface area contributed by atoms with Crippen LogP contribution in [0.25, 0.3) is 22.2 Å². The minimum absolute atomic E-state index is 0.280. The van der Waals surface area contributed by atoms with E-state index in [0.29, 0.717) is 11.1 Å². The third-order valence-electron chi connectivity index (χ3n) is 3.51. The molecule has 0 aliphatic rings. The monoisotopic (exact) mass is 278 g/mol. The second-order valence-corrected chi connectivity index (χ2v) is 4.76. The van der Waals surface area contributed by atoms with Crippen LogP contribution < -0.4 is 0 Å². The van der Waals surface area contributed by atoms with Crippen molar-refractivity contribution < 1.29 is 9.90 Å². The zero-order valence-corrected chi connectivity index (χ0v) is 11.6. The van der Waals surface area contributed by atoms with E-state index in [4.69, 9.17) is 0 Å². The summed E-state index contributed by atoms with van der Waals surface area (Å²) in [6.45, 7) is 2.04. The van der Waals surface area contributed by atoms with E-state index in [9.17, 15) is 9.90 Å². The lowest BCUT2D eigenvalue weighted by atomic mass is 10.0. The summed E-state index contributed by atoms with van der Waals surface area (Å²) in [5.74, 6) is -0.939. The Balaban J connectivity index is 2.36. The van der Waals surface area contributed by atoms with Crippen molar-refractivity contribution in [3.8, 4) is 11.3 Å². The first-order valence-corrected chi connectivity index (χ1v) is 6.77.